The third-order valence-corrected chi connectivity index (χ3v) is 4.43. The monoisotopic (exact) mass is 281 g/mol. The second kappa shape index (κ2) is 5.82. The summed E-state index contributed by atoms with van der Waals surface area (Å²) in [6, 6.07) is 0.000603. The lowest BCUT2D eigenvalue weighted by Crippen LogP contribution is -2.37. The predicted octanol–water partition coefficient (Wildman–Crippen LogP) is 2.79. The van der Waals surface area contributed by atoms with E-state index in [1.54, 1.807) is 7.11 Å². The Morgan fingerprint density at radius 3 is 2.50 bits per heavy atom. The Labute approximate surface area is 121 Å². The van der Waals surface area contributed by atoms with E-state index in [0.29, 0.717) is 18.1 Å². The van der Waals surface area contributed by atoms with Crippen molar-refractivity contribution in [1.29, 1.82) is 0 Å². The summed E-state index contributed by atoms with van der Waals surface area (Å²) in [5.74, 6) is 1.31. The van der Waals surface area contributed by atoms with E-state index in [9.17, 15) is 0 Å². The van der Waals surface area contributed by atoms with Gasteiger partial charge in [-0.2, -0.15) is 4.98 Å². The molecule has 1 saturated carbocycles. The number of nitrogens with two attached hydrogens (primary N) is 1. The molecule has 0 amide bonds. The smallest absolute Gasteiger partial charge is 0.228 e. The fourth-order valence-corrected chi connectivity index (χ4v) is 2.66. The Hall–Kier alpha value is -0.940. The van der Waals surface area contributed by atoms with Gasteiger partial charge in [0.2, 0.25) is 11.7 Å². The molecule has 0 aromatic carbocycles. The van der Waals surface area contributed by atoms with Crippen molar-refractivity contribution < 1.29 is 9.26 Å². The number of rotatable bonds is 4. The summed E-state index contributed by atoms with van der Waals surface area (Å²) in [4.78, 5) is 4.55. The van der Waals surface area contributed by atoms with Gasteiger partial charge in [-0.15, -0.1) is 0 Å². The van der Waals surface area contributed by atoms with Gasteiger partial charge in [0.1, 0.15) is 5.60 Å². The second-order valence-corrected chi connectivity index (χ2v) is 6.95. The van der Waals surface area contributed by atoms with Crippen LogP contribution in [0.4, 0.5) is 0 Å². The van der Waals surface area contributed by atoms with Crippen LogP contribution in [0, 0.1) is 5.41 Å². The molecule has 0 radical (unpaired) electrons. The number of aromatic nitrogens is 2. The van der Waals surface area contributed by atoms with E-state index < -0.39 is 0 Å². The topological polar surface area (TPSA) is 74.2 Å². The lowest BCUT2D eigenvalue weighted by atomic mass is 9.84. The molecule has 1 aliphatic carbocycles. The molecule has 0 bridgehead atoms. The first-order valence-electron chi connectivity index (χ1n) is 7.51. The maximum absolute atomic E-state index is 6.18. The molecule has 2 N–H and O–H groups in total. The molecule has 20 heavy (non-hydrogen) atoms. The molecule has 0 saturated heterocycles. The van der Waals surface area contributed by atoms with E-state index in [1.165, 1.54) is 6.42 Å². The molecule has 1 aliphatic rings. The molecule has 1 unspecified atom stereocenters. The lowest BCUT2D eigenvalue weighted by Gasteiger charge is -2.32. The highest BCUT2D eigenvalue weighted by atomic mass is 16.5. The predicted molar refractivity (Wildman–Crippen MR) is 77.2 cm³/mol. The van der Waals surface area contributed by atoms with Gasteiger partial charge in [0.05, 0.1) is 0 Å². The van der Waals surface area contributed by atoms with Crippen LogP contribution in [0.2, 0.25) is 0 Å². The van der Waals surface area contributed by atoms with E-state index >= 15 is 0 Å². The van der Waals surface area contributed by atoms with Gasteiger partial charge in [0, 0.05) is 19.6 Å². The summed E-state index contributed by atoms with van der Waals surface area (Å²) >= 11 is 0. The fraction of sp³-hybridized carbons (Fsp3) is 0.867. The Balaban J connectivity index is 2.11. The van der Waals surface area contributed by atoms with Crippen LogP contribution in [-0.4, -0.2) is 23.3 Å². The average Bonchev–Trinajstić information content (AvgIpc) is 2.87. The summed E-state index contributed by atoms with van der Waals surface area (Å²) in [7, 11) is 1.74. The third-order valence-electron chi connectivity index (χ3n) is 4.43. The normalized spacial score (nSPS) is 20.9. The van der Waals surface area contributed by atoms with Crippen molar-refractivity contribution in [3.63, 3.8) is 0 Å². The van der Waals surface area contributed by atoms with Crippen molar-refractivity contribution in [1.82, 2.24) is 10.1 Å². The Kier molecular flexibility index (Phi) is 4.49. The minimum absolute atomic E-state index is 0.000603. The fourth-order valence-electron chi connectivity index (χ4n) is 2.66. The SMILES string of the molecule is COC1(c2noc(CC(N)C(C)(C)C)n2)CCCCC1. The maximum Gasteiger partial charge on any atom is 0.228 e. The molecular formula is C15H27N3O2. The van der Waals surface area contributed by atoms with Gasteiger partial charge in [0.25, 0.3) is 0 Å². The summed E-state index contributed by atoms with van der Waals surface area (Å²) < 4.78 is 11.1. The standard InChI is InChI=1S/C15H27N3O2/c1-14(2,3)11(16)10-12-17-13(18-20-12)15(19-4)8-6-5-7-9-15/h11H,5-10,16H2,1-4H3. The highest BCUT2D eigenvalue weighted by Gasteiger charge is 2.38. The summed E-state index contributed by atoms with van der Waals surface area (Å²) in [6.45, 7) is 6.35. The van der Waals surface area contributed by atoms with Gasteiger partial charge in [-0.1, -0.05) is 45.2 Å². The molecule has 1 aromatic rings. The van der Waals surface area contributed by atoms with Crippen LogP contribution in [0.1, 0.15) is 64.6 Å². The largest absolute Gasteiger partial charge is 0.370 e. The Bertz CT molecular complexity index is 431. The van der Waals surface area contributed by atoms with Crippen LogP contribution in [0.25, 0.3) is 0 Å². The average molecular weight is 281 g/mol. The summed E-state index contributed by atoms with van der Waals surface area (Å²) in [5, 5.41) is 4.15. The van der Waals surface area contributed by atoms with Gasteiger partial charge >= 0.3 is 0 Å². The number of hydrogen-bond donors (Lipinski definition) is 1. The van der Waals surface area contributed by atoms with Gasteiger partial charge in [0.15, 0.2) is 0 Å². The number of hydrogen-bond acceptors (Lipinski definition) is 5. The van der Waals surface area contributed by atoms with Crippen molar-refractivity contribution in [2.24, 2.45) is 11.1 Å². The molecule has 5 heteroatoms. The molecule has 1 fully saturated rings. The first-order valence-corrected chi connectivity index (χ1v) is 7.51. The zero-order valence-electron chi connectivity index (χ0n) is 13.1. The minimum atomic E-state index is -0.355. The highest BCUT2D eigenvalue weighted by Crippen LogP contribution is 2.38. The number of methoxy groups -OCH3 is 1. The number of ether oxygens (including phenoxy) is 1. The second-order valence-electron chi connectivity index (χ2n) is 6.95. The van der Waals surface area contributed by atoms with Crippen LogP contribution in [0.5, 0.6) is 0 Å². The van der Waals surface area contributed by atoms with E-state index in [1.807, 2.05) is 0 Å². The molecule has 1 atom stereocenters. The Morgan fingerprint density at radius 2 is 1.95 bits per heavy atom. The van der Waals surface area contributed by atoms with Crippen molar-refractivity contribution in [2.75, 3.05) is 7.11 Å². The molecule has 0 aliphatic heterocycles. The number of nitrogens with zero attached hydrogens (tertiary/aromatic N) is 2. The molecular weight excluding hydrogens is 254 g/mol. The van der Waals surface area contributed by atoms with Crippen LogP contribution in [0.15, 0.2) is 4.52 Å². The molecule has 0 spiro atoms. The van der Waals surface area contributed by atoms with Crippen molar-refractivity contribution in [3.05, 3.63) is 11.7 Å². The van der Waals surface area contributed by atoms with Crippen molar-refractivity contribution in [3.8, 4) is 0 Å². The zero-order valence-corrected chi connectivity index (χ0v) is 13.1. The zero-order chi connectivity index (χ0) is 14.8. The first-order chi connectivity index (χ1) is 9.37. The molecule has 114 valence electrons. The van der Waals surface area contributed by atoms with Crippen molar-refractivity contribution >= 4 is 0 Å². The highest BCUT2D eigenvalue weighted by molar-refractivity contribution is 5.04. The van der Waals surface area contributed by atoms with Crippen LogP contribution >= 0.6 is 0 Å². The van der Waals surface area contributed by atoms with E-state index in [0.717, 1.165) is 25.7 Å². The van der Waals surface area contributed by atoms with Crippen LogP contribution in [0.3, 0.4) is 0 Å². The maximum atomic E-state index is 6.18. The molecule has 1 aromatic heterocycles. The first kappa shape index (κ1) is 15.4. The third kappa shape index (κ3) is 3.20. The summed E-state index contributed by atoms with van der Waals surface area (Å²) in [5.41, 5.74) is 5.85. The van der Waals surface area contributed by atoms with E-state index in [2.05, 4.69) is 30.9 Å². The van der Waals surface area contributed by atoms with Crippen LogP contribution in [-0.2, 0) is 16.8 Å². The quantitative estimate of drug-likeness (QED) is 0.918. The minimum Gasteiger partial charge on any atom is -0.370 e. The van der Waals surface area contributed by atoms with Gasteiger partial charge in [-0.25, -0.2) is 0 Å². The van der Waals surface area contributed by atoms with E-state index in [-0.39, 0.29) is 17.1 Å². The van der Waals surface area contributed by atoms with Crippen LogP contribution < -0.4 is 5.73 Å². The molecule has 1 heterocycles. The van der Waals surface area contributed by atoms with Gasteiger partial charge in [-0.3, -0.25) is 0 Å². The molecule has 2 rings (SSSR count). The van der Waals surface area contributed by atoms with Crippen molar-refractivity contribution in [2.45, 2.75) is 70.9 Å². The van der Waals surface area contributed by atoms with E-state index in [4.69, 9.17) is 15.0 Å². The van der Waals surface area contributed by atoms with Gasteiger partial charge in [-0.05, 0) is 18.3 Å². The Morgan fingerprint density at radius 1 is 1.30 bits per heavy atom. The molecule has 5 nitrogen and oxygen atoms in total. The summed E-state index contributed by atoms with van der Waals surface area (Å²) in [6.07, 6.45) is 6.10. The van der Waals surface area contributed by atoms with Gasteiger partial charge < -0.3 is 15.0 Å². The lowest BCUT2D eigenvalue weighted by molar-refractivity contribution is -0.0527.